The molecule has 2 fully saturated rings. The summed E-state index contributed by atoms with van der Waals surface area (Å²) in [5.41, 5.74) is 0. The van der Waals surface area contributed by atoms with Crippen LogP contribution in [0.15, 0.2) is 6.20 Å². The lowest BCUT2D eigenvalue weighted by Crippen LogP contribution is -2.14. The van der Waals surface area contributed by atoms with E-state index in [2.05, 4.69) is 23.4 Å². The van der Waals surface area contributed by atoms with Crippen LogP contribution in [-0.2, 0) is 6.54 Å². The number of aromatic nitrogens is 1. The van der Waals surface area contributed by atoms with Gasteiger partial charge in [0.2, 0.25) is 0 Å². The Morgan fingerprint density at radius 2 is 2.00 bits per heavy atom. The molecule has 2 aliphatic carbocycles. The molecule has 0 saturated heterocycles. The smallest absolute Gasteiger partial charge is 0.0959 e. The van der Waals surface area contributed by atoms with E-state index in [1.54, 1.807) is 0 Å². The first-order valence-electron chi connectivity index (χ1n) is 8.03. The Morgan fingerprint density at radius 1 is 1.21 bits per heavy atom. The number of nitrogens with one attached hydrogen (secondary N) is 1. The van der Waals surface area contributed by atoms with Crippen LogP contribution in [0.25, 0.3) is 0 Å². The van der Waals surface area contributed by atoms with Crippen molar-refractivity contribution in [3.63, 3.8) is 0 Å². The van der Waals surface area contributed by atoms with E-state index in [1.807, 2.05) is 11.3 Å². The lowest BCUT2D eigenvalue weighted by molar-refractivity contribution is 0.308. The van der Waals surface area contributed by atoms with E-state index >= 15 is 0 Å². The van der Waals surface area contributed by atoms with Gasteiger partial charge in [0.05, 0.1) is 5.01 Å². The van der Waals surface area contributed by atoms with Gasteiger partial charge in [-0.15, -0.1) is 11.3 Å². The Bertz CT molecular complexity index is 389. The maximum absolute atomic E-state index is 4.69. The van der Waals surface area contributed by atoms with Gasteiger partial charge in [0.25, 0.3) is 0 Å². The van der Waals surface area contributed by atoms with Gasteiger partial charge in [-0.1, -0.05) is 19.8 Å². The van der Waals surface area contributed by atoms with Crippen LogP contribution in [0.2, 0.25) is 0 Å². The minimum Gasteiger partial charge on any atom is -0.309 e. The first kappa shape index (κ1) is 13.6. The molecule has 1 N–H and O–H groups in total. The molecule has 3 rings (SSSR count). The summed E-state index contributed by atoms with van der Waals surface area (Å²) in [6, 6.07) is 0.801. The van der Waals surface area contributed by atoms with Gasteiger partial charge in [0, 0.05) is 29.6 Å². The summed E-state index contributed by atoms with van der Waals surface area (Å²) < 4.78 is 0. The molecule has 0 aromatic carbocycles. The number of hydrogen-bond acceptors (Lipinski definition) is 3. The summed E-state index contributed by atoms with van der Waals surface area (Å²) in [6.07, 6.45) is 13.2. The topological polar surface area (TPSA) is 24.9 Å². The van der Waals surface area contributed by atoms with Gasteiger partial charge in [-0.25, -0.2) is 4.98 Å². The highest BCUT2D eigenvalue weighted by atomic mass is 32.1. The van der Waals surface area contributed by atoms with Gasteiger partial charge >= 0.3 is 0 Å². The molecule has 106 valence electrons. The fourth-order valence-electron chi connectivity index (χ4n) is 3.23. The molecular weight excluding hydrogens is 252 g/mol. The zero-order chi connectivity index (χ0) is 13.1. The molecule has 0 aliphatic heterocycles. The Hall–Kier alpha value is -0.410. The third kappa shape index (κ3) is 3.79. The fourth-order valence-corrected chi connectivity index (χ4v) is 4.27. The number of rotatable bonds is 6. The maximum atomic E-state index is 4.69. The normalized spacial score (nSPS) is 27.6. The molecule has 19 heavy (non-hydrogen) atoms. The van der Waals surface area contributed by atoms with Gasteiger partial charge < -0.3 is 5.32 Å². The average molecular weight is 278 g/mol. The van der Waals surface area contributed by atoms with Gasteiger partial charge in [0.1, 0.15) is 0 Å². The lowest BCUT2D eigenvalue weighted by Gasteiger charge is -2.26. The number of thiazole rings is 1. The van der Waals surface area contributed by atoms with E-state index in [-0.39, 0.29) is 0 Å². The SMILES string of the molecule is CCCC1CCC(c2ncc(CNC3CC3)s2)CC1. The van der Waals surface area contributed by atoms with Crippen LogP contribution in [0.1, 0.15) is 74.1 Å². The third-order valence-electron chi connectivity index (χ3n) is 4.61. The summed E-state index contributed by atoms with van der Waals surface area (Å²) in [7, 11) is 0. The second-order valence-electron chi connectivity index (χ2n) is 6.33. The first-order chi connectivity index (χ1) is 9.35. The van der Waals surface area contributed by atoms with Gasteiger partial charge in [-0.2, -0.15) is 0 Å². The van der Waals surface area contributed by atoms with Crippen LogP contribution in [0.4, 0.5) is 0 Å². The van der Waals surface area contributed by atoms with E-state index in [4.69, 9.17) is 0 Å². The van der Waals surface area contributed by atoms with Crippen molar-refractivity contribution in [1.29, 1.82) is 0 Å². The summed E-state index contributed by atoms with van der Waals surface area (Å²) in [5, 5.41) is 4.99. The molecule has 0 unspecified atom stereocenters. The van der Waals surface area contributed by atoms with E-state index in [1.165, 1.54) is 61.3 Å². The zero-order valence-electron chi connectivity index (χ0n) is 12.0. The summed E-state index contributed by atoms with van der Waals surface area (Å²) >= 11 is 1.95. The number of hydrogen-bond donors (Lipinski definition) is 1. The number of nitrogens with zero attached hydrogens (tertiary/aromatic N) is 1. The van der Waals surface area contributed by atoms with Crippen molar-refractivity contribution in [3.05, 3.63) is 16.1 Å². The Morgan fingerprint density at radius 3 is 2.68 bits per heavy atom. The summed E-state index contributed by atoms with van der Waals surface area (Å²) in [6.45, 7) is 3.35. The van der Waals surface area contributed by atoms with E-state index < -0.39 is 0 Å². The van der Waals surface area contributed by atoms with Crippen LogP contribution >= 0.6 is 11.3 Å². The van der Waals surface area contributed by atoms with Crippen molar-refractivity contribution in [2.45, 2.75) is 76.8 Å². The Balaban J connectivity index is 1.48. The fraction of sp³-hybridized carbons (Fsp3) is 0.812. The minimum atomic E-state index is 0.757. The molecule has 1 aromatic heterocycles. The van der Waals surface area contributed by atoms with Crippen LogP contribution in [0.3, 0.4) is 0 Å². The lowest BCUT2D eigenvalue weighted by atomic mass is 9.80. The highest BCUT2D eigenvalue weighted by Gasteiger charge is 2.24. The Labute approximate surface area is 121 Å². The molecule has 0 amide bonds. The van der Waals surface area contributed by atoms with Crippen molar-refractivity contribution in [2.75, 3.05) is 0 Å². The monoisotopic (exact) mass is 278 g/mol. The molecule has 2 saturated carbocycles. The molecule has 0 bridgehead atoms. The minimum absolute atomic E-state index is 0.757. The first-order valence-corrected chi connectivity index (χ1v) is 8.84. The van der Waals surface area contributed by atoms with E-state index in [0.717, 1.165) is 24.4 Å². The van der Waals surface area contributed by atoms with Gasteiger partial charge in [-0.3, -0.25) is 0 Å². The molecule has 2 nitrogen and oxygen atoms in total. The predicted octanol–water partition coefficient (Wildman–Crippen LogP) is 4.47. The van der Waals surface area contributed by atoms with Crippen molar-refractivity contribution in [3.8, 4) is 0 Å². The molecule has 1 aromatic rings. The van der Waals surface area contributed by atoms with E-state index in [9.17, 15) is 0 Å². The van der Waals surface area contributed by atoms with Crippen LogP contribution in [0.5, 0.6) is 0 Å². The highest BCUT2D eigenvalue weighted by Crippen LogP contribution is 2.38. The Kier molecular flexibility index (Phi) is 4.54. The molecule has 3 heteroatoms. The van der Waals surface area contributed by atoms with Crippen molar-refractivity contribution in [1.82, 2.24) is 10.3 Å². The molecule has 1 heterocycles. The zero-order valence-corrected chi connectivity index (χ0v) is 12.8. The van der Waals surface area contributed by atoms with Gasteiger partial charge in [-0.05, 0) is 44.4 Å². The third-order valence-corrected chi connectivity index (χ3v) is 5.77. The standard InChI is InChI=1S/C16H26N2S/c1-2-3-12-4-6-13(7-5-12)16-18-11-15(19-16)10-17-14-8-9-14/h11-14,17H,2-10H2,1H3. The second-order valence-corrected chi connectivity index (χ2v) is 7.47. The van der Waals surface area contributed by atoms with Crippen LogP contribution < -0.4 is 5.32 Å². The van der Waals surface area contributed by atoms with Crippen LogP contribution in [0, 0.1) is 5.92 Å². The molecule has 0 atom stereocenters. The van der Waals surface area contributed by atoms with Crippen molar-refractivity contribution < 1.29 is 0 Å². The molecular formula is C16H26N2S. The van der Waals surface area contributed by atoms with Crippen molar-refractivity contribution in [2.24, 2.45) is 5.92 Å². The van der Waals surface area contributed by atoms with Crippen molar-refractivity contribution >= 4 is 11.3 Å². The van der Waals surface area contributed by atoms with E-state index in [0.29, 0.717) is 0 Å². The summed E-state index contributed by atoms with van der Waals surface area (Å²) in [5.74, 6) is 1.75. The predicted molar refractivity (Wildman–Crippen MR) is 81.6 cm³/mol. The molecule has 2 aliphatic rings. The average Bonchev–Trinajstić information content (AvgIpc) is 3.15. The quantitative estimate of drug-likeness (QED) is 0.830. The molecule has 0 radical (unpaired) electrons. The second kappa shape index (κ2) is 6.36. The highest BCUT2D eigenvalue weighted by molar-refractivity contribution is 7.11. The molecule has 0 spiro atoms. The summed E-state index contributed by atoms with van der Waals surface area (Å²) in [4.78, 5) is 6.12. The largest absolute Gasteiger partial charge is 0.309 e. The maximum Gasteiger partial charge on any atom is 0.0959 e. The van der Waals surface area contributed by atoms with Crippen LogP contribution in [-0.4, -0.2) is 11.0 Å². The van der Waals surface area contributed by atoms with Gasteiger partial charge in [0.15, 0.2) is 0 Å².